The summed E-state index contributed by atoms with van der Waals surface area (Å²) in [6, 6.07) is 11.5. The number of rotatable bonds is 3. The second-order valence-electron chi connectivity index (χ2n) is 3.92. The van der Waals surface area contributed by atoms with E-state index < -0.39 is 17.2 Å². The standard InChI is InChI=1S/C14H12O4/c15-11-7-6-10(13(17)14(11)18)12(16)8-9-4-2-1-3-5-9/h1-7,15,17-18H,8H2. The fraction of sp³-hybridized carbons (Fsp3) is 0.0714. The van der Waals surface area contributed by atoms with Crippen molar-refractivity contribution >= 4 is 5.78 Å². The molecule has 0 bridgehead atoms. The molecule has 4 heteroatoms. The highest BCUT2D eigenvalue weighted by atomic mass is 16.3. The molecule has 0 spiro atoms. The van der Waals surface area contributed by atoms with Gasteiger partial charge >= 0.3 is 0 Å². The number of Topliss-reactive ketones (excluding diaryl/α,β-unsaturated/α-hetero) is 1. The molecule has 0 radical (unpaired) electrons. The maximum atomic E-state index is 11.9. The predicted molar refractivity (Wildman–Crippen MR) is 65.9 cm³/mol. The minimum atomic E-state index is -0.672. The molecule has 0 aliphatic rings. The van der Waals surface area contributed by atoms with Crippen LogP contribution in [0.2, 0.25) is 0 Å². The average Bonchev–Trinajstić information content (AvgIpc) is 2.37. The van der Waals surface area contributed by atoms with Gasteiger partial charge in [0.15, 0.2) is 17.3 Å². The number of hydrogen-bond acceptors (Lipinski definition) is 4. The summed E-state index contributed by atoms with van der Waals surface area (Å²) in [5.41, 5.74) is 0.809. The molecule has 0 atom stereocenters. The SMILES string of the molecule is O=C(Cc1ccccc1)c1ccc(O)c(O)c1O. The molecule has 0 unspecified atom stereocenters. The summed E-state index contributed by atoms with van der Waals surface area (Å²) in [7, 11) is 0. The van der Waals surface area contributed by atoms with E-state index in [0.29, 0.717) is 0 Å². The number of hydrogen-bond donors (Lipinski definition) is 3. The van der Waals surface area contributed by atoms with Crippen LogP contribution in [0, 0.1) is 0 Å². The quantitative estimate of drug-likeness (QED) is 0.571. The smallest absolute Gasteiger partial charge is 0.201 e. The minimum absolute atomic E-state index is 0.00541. The van der Waals surface area contributed by atoms with Crippen molar-refractivity contribution in [3.05, 3.63) is 53.6 Å². The van der Waals surface area contributed by atoms with Gasteiger partial charge in [0.05, 0.1) is 5.56 Å². The van der Waals surface area contributed by atoms with Crippen LogP contribution < -0.4 is 0 Å². The summed E-state index contributed by atoms with van der Waals surface area (Å²) in [6.45, 7) is 0. The van der Waals surface area contributed by atoms with E-state index in [4.69, 9.17) is 0 Å². The van der Waals surface area contributed by atoms with E-state index in [2.05, 4.69) is 0 Å². The Morgan fingerprint density at radius 3 is 2.22 bits per heavy atom. The monoisotopic (exact) mass is 244 g/mol. The lowest BCUT2D eigenvalue weighted by Crippen LogP contribution is -2.03. The van der Waals surface area contributed by atoms with Crippen molar-refractivity contribution in [1.82, 2.24) is 0 Å². The van der Waals surface area contributed by atoms with Crippen molar-refractivity contribution < 1.29 is 20.1 Å². The third kappa shape index (κ3) is 2.27. The Morgan fingerprint density at radius 1 is 0.889 bits per heavy atom. The van der Waals surface area contributed by atoms with Gasteiger partial charge in [-0.3, -0.25) is 4.79 Å². The van der Waals surface area contributed by atoms with E-state index in [1.54, 1.807) is 12.1 Å². The Hall–Kier alpha value is -2.49. The molecule has 3 N–H and O–H groups in total. The Morgan fingerprint density at radius 2 is 1.56 bits per heavy atom. The van der Waals surface area contributed by atoms with E-state index in [0.717, 1.165) is 5.56 Å². The Balaban J connectivity index is 2.28. The van der Waals surface area contributed by atoms with Crippen molar-refractivity contribution in [2.75, 3.05) is 0 Å². The molecular formula is C14H12O4. The number of benzene rings is 2. The van der Waals surface area contributed by atoms with E-state index in [1.165, 1.54) is 12.1 Å². The molecule has 0 saturated heterocycles. The highest BCUT2D eigenvalue weighted by Crippen LogP contribution is 2.37. The lowest BCUT2D eigenvalue weighted by molar-refractivity contribution is 0.0989. The van der Waals surface area contributed by atoms with Gasteiger partial charge in [-0.25, -0.2) is 0 Å². The summed E-state index contributed by atoms with van der Waals surface area (Å²) in [6.07, 6.45) is 0.124. The van der Waals surface area contributed by atoms with Crippen LogP contribution in [0.5, 0.6) is 17.2 Å². The first-order chi connectivity index (χ1) is 8.59. The molecule has 0 aromatic heterocycles. The lowest BCUT2D eigenvalue weighted by Gasteiger charge is -2.06. The molecule has 92 valence electrons. The topological polar surface area (TPSA) is 77.8 Å². The maximum Gasteiger partial charge on any atom is 0.201 e. The van der Waals surface area contributed by atoms with Gasteiger partial charge in [-0.15, -0.1) is 0 Å². The molecule has 2 aromatic carbocycles. The fourth-order valence-corrected chi connectivity index (χ4v) is 1.67. The van der Waals surface area contributed by atoms with Crippen LogP contribution in [-0.2, 0) is 6.42 Å². The predicted octanol–water partition coefficient (Wildman–Crippen LogP) is 2.23. The minimum Gasteiger partial charge on any atom is -0.504 e. The summed E-state index contributed by atoms with van der Waals surface area (Å²) in [5, 5.41) is 28.1. The van der Waals surface area contributed by atoms with Gasteiger partial charge in [-0.1, -0.05) is 30.3 Å². The van der Waals surface area contributed by atoms with Crippen LogP contribution in [0.4, 0.5) is 0 Å². The van der Waals surface area contributed by atoms with Crippen molar-refractivity contribution in [1.29, 1.82) is 0 Å². The molecule has 0 fully saturated rings. The molecule has 0 amide bonds. The van der Waals surface area contributed by atoms with Gasteiger partial charge in [0.2, 0.25) is 5.75 Å². The Kier molecular flexibility index (Phi) is 3.19. The molecule has 0 aliphatic carbocycles. The lowest BCUT2D eigenvalue weighted by atomic mass is 10.0. The van der Waals surface area contributed by atoms with Crippen LogP contribution in [0.15, 0.2) is 42.5 Å². The summed E-state index contributed by atoms with van der Waals surface area (Å²) >= 11 is 0. The van der Waals surface area contributed by atoms with Crippen LogP contribution in [0.3, 0.4) is 0 Å². The van der Waals surface area contributed by atoms with Crippen LogP contribution in [-0.4, -0.2) is 21.1 Å². The number of phenolic OH excluding ortho intramolecular Hbond substituents is 3. The first kappa shape index (κ1) is 12.0. The van der Waals surface area contributed by atoms with Gasteiger partial charge < -0.3 is 15.3 Å². The zero-order valence-electron chi connectivity index (χ0n) is 9.50. The van der Waals surface area contributed by atoms with Crippen LogP contribution in [0.1, 0.15) is 15.9 Å². The van der Waals surface area contributed by atoms with E-state index in [-0.39, 0.29) is 17.8 Å². The molecule has 0 heterocycles. The maximum absolute atomic E-state index is 11.9. The van der Waals surface area contributed by atoms with E-state index in [9.17, 15) is 20.1 Å². The molecule has 2 rings (SSSR count). The zero-order valence-corrected chi connectivity index (χ0v) is 9.50. The largest absolute Gasteiger partial charge is 0.504 e. The van der Waals surface area contributed by atoms with Gasteiger partial charge in [0.25, 0.3) is 0 Å². The first-order valence-electron chi connectivity index (χ1n) is 5.40. The Labute approximate surface area is 104 Å². The summed E-state index contributed by atoms with van der Waals surface area (Å²) in [4.78, 5) is 11.9. The van der Waals surface area contributed by atoms with Gasteiger partial charge in [0.1, 0.15) is 0 Å². The van der Waals surface area contributed by atoms with Gasteiger partial charge in [-0.2, -0.15) is 0 Å². The third-order valence-corrected chi connectivity index (χ3v) is 2.64. The molecule has 4 nitrogen and oxygen atoms in total. The van der Waals surface area contributed by atoms with Crippen LogP contribution >= 0.6 is 0 Å². The molecule has 18 heavy (non-hydrogen) atoms. The molecule has 0 saturated carbocycles. The first-order valence-corrected chi connectivity index (χ1v) is 5.40. The van der Waals surface area contributed by atoms with Crippen molar-refractivity contribution in [2.45, 2.75) is 6.42 Å². The number of carbonyl (C=O) groups is 1. The fourth-order valence-electron chi connectivity index (χ4n) is 1.67. The number of carbonyl (C=O) groups excluding carboxylic acids is 1. The number of ketones is 1. The van der Waals surface area contributed by atoms with Crippen molar-refractivity contribution in [3.8, 4) is 17.2 Å². The van der Waals surface area contributed by atoms with Crippen molar-refractivity contribution in [3.63, 3.8) is 0 Å². The zero-order chi connectivity index (χ0) is 13.1. The summed E-state index contributed by atoms with van der Waals surface area (Å²) < 4.78 is 0. The third-order valence-electron chi connectivity index (χ3n) is 2.64. The molecule has 2 aromatic rings. The highest BCUT2D eigenvalue weighted by Gasteiger charge is 2.17. The molecular weight excluding hydrogens is 232 g/mol. The second kappa shape index (κ2) is 4.79. The molecule has 0 aliphatic heterocycles. The number of phenols is 3. The van der Waals surface area contributed by atoms with Gasteiger partial charge in [0, 0.05) is 6.42 Å². The van der Waals surface area contributed by atoms with E-state index in [1.807, 2.05) is 18.2 Å². The van der Waals surface area contributed by atoms with Gasteiger partial charge in [-0.05, 0) is 17.7 Å². The van der Waals surface area contributed by atoms with E-state index >= 15 is 0 Å². The summed E-state index contributed by atoms with van der Waals surface area (Å²) in [5.74, 6) is -2.04. The van der Waals surface area contributed by atoms with Crippen LogP contribution in [0.25, 0.3) is 0 Å². The normalized spacial score (nSPS) is 10.2. The average molecular weight is 244 g/mol. The Bertz CT molecular complexity index is 576. The van der Waals surface area contributed by atoms with Crippen molar-refractivity contribution in [2.24, 2.45) is 0 Å². The highest BCUT2D eigenvalue weighted by molar-refractivity contribution is 6.00. The number of aromatic hydroxyl groups is 3. The second-order valence-corrected chi connectivity index (χ2v) is 3.92.